The number of aryl methyl sites for hydroxylation is 1. The molecule has 0 saturated carbocycles. The second-order valence-electron chi connectivity index (χ2n) is 10.1. The van der Waals surface area contributed by atoms with Crippen LogP contribution in [0.4, 0.5) is 45.5 Å². The average Bonchev–Trinajstić information content (AvgIpc) is 3.04. The van der Waals surface area contributed by atoms with E-state index in [9.17, 15) is 22.9 Å². The monoisotopic (exact) mass is 650 g/mol. The van der Waals surface area contributed by atoms with Crippen molar-refractivity contribution in [3.05, 3.63) is 108 Å². The molecule has 0 fully saturated rings. The van der Waals surface area contributed by atoms with Crippen molar-refractivity contribution in [1.29, 1.82) is 0 Å². The molecule has 47 heavy (non-hydrogen) atoms. The van der Waals surface area contributed by atoms with E-state index in [2.05, 4.69) is 30.7 Å². The molecule has 0 saturated heterocycles. The molecular weight excluding hydrogens is 624 g/mol. The fourth-order valence-corrected chi connectivity index (χ4v) is 4.85. The number of rotatable bonds is 9. The minimum absolute atomic E-state index is 0.0869. The molecule has 0 aliphatic rings. The standard InChI is InChI=1S/C32H26N8O6S/c1-18-2-8-21(9-3-18)37-40-31-29(33)26(17-28(30(31)34)47(44,45)46)39-36-23-12-6-20(7-13-23)19-4-10-22(11-5-19)35-38-24-14-15-27(41)25(16-24)32(42)43/h2-17,41H,33-34H2,1H3,(H,42,43)(H,44,45,46). The number of carboxylic acids is 1. The smallest absolute Gasteiger partial charge is 0.339 e. The summed E-state index contributed by atoms with van der Waals surface area (Å²) in [7, 11) is -4.76. The summed E-state index contributed by atoms with van der Waals surface area (Å²) in [5, 5.41) is 43.3. The molecule has 0 aliphatic heterocycles. The van der Waals surface area contributed by atoms with Crippen molar-refractivity contribution < 1.29 is 28.0 Å². The van der Waals surface area contributed by atoms with Crippen molar-refractivity contribution in [3.8, 4) is 16.9 Å². The molecular formula is C32H26N8O6S. The number of carbonyl (C=O) groups is 1. The molecule has 0 aromatic heterocycles. The van der Waals surface area contributed by atoms with Gasteiger partial charge in [-0.25, -0.2) is 4.79 Å². The van der Waals surface area contributed by atoms with Crippen LogP contribution in [0.5, 0.6) is 5.75 Å². The van der Waals surface area contributed by atoms with Gasteiger partial charge in [0.15, 0.2) is 0 Å². The summed E-state index contributed by atoms with van der Waals surface area (Å²) >= 11 is 0. The third-order valence-corrected chi connectivity index (χ3v) is 7.62. The van der Waals surface area contributed by atoms with Gasteiger partial charge in [-0.3, -0.25) is 4.55 Å². The first-order valence-corrected chi connectivity index (χ1v) is 15.1. The van der Waals surface area contributed by atoms with Gasteiger partial charge in [0.2, 0.25) is 0 Å². The van der Waals surface area contributed by atoms with Crippen molar-refractivity contribution in [2.24, 2.45) is 30.7 Å². The van der Waals surface area contributed by atoms with E-state index in [-0.39, 0.29) is 39.7 Å². The van der Waals surface area contributed by atoms with E-state index >= 15 is 0 Å². The molecule has 236 valence electrons. The first-order chi connectivity index (χ1) is 22.4. The molecule has 0 amide bonds. The number of nitrogens with two attached hydrogens (primary N) is 2. The lowest BCUT2D eigenvalue weighted by atomic mass is 10.1. The second kappa shape index (κ2) is 13.4. The van der Waals surface area contributed by atoms with Gasteiger partial charge in [-0.1, -0.05) is 42.0 Å². The van der Waals surface area contributed by atoms with E-state index in [1.54, 1.807) is 48.5 Å². The predicted octanol–water partition coefficient (Wildman–Crippen LogP) is 8.72. The molecule has 0 radical (unpaired) electrons. The fourth-order valence-electron chi connectivity index (χ4n) is 4.21. The zero-order valence-electron chi connectivity index (χ0n) is 24.6. The summed E-state index contributed by atoms with van der Waals surface area (Å²) in [5.74, 6) is -1.64. The summed E-state index contributed by atoms with van der Waals surface area (Å²) in [5.41, 5.74) is 15.6. The maximum absolute atomic E-state index is 12.0. The number of nitrogens with zero attached hydrogens (tertiary/aromatic N) is 6. The van der Waals surface area contributed by atoms with Gasteiger partial charge >= 0.3 is 5.97 Å². The lowest BCUT2D eigenvalue weighted by Crippen LogP contribution is -2.05. The molecule has 7 N–H and O–H groups in total. The molecule has 0 atom stereocenters. The van der Waals surface area contributed by atoms with Crippen molar-refractivity contribution in [3.63, 3.8) is 0 Å². The van der Waals surface area contributed by atoms with Crippen LogP contribution in [0.1, 0.15) is 15.9 Å². The Morgan fingerprint density at radius 3 is 1.64 bits per heavy atom. The molecule has 0 spiro atoms. The number of aromatic carboxylic acids is 1. The predicted molar refractivity (Wildman–Crippen MR) is 176 cm³/mol. The number of carboxylic acid groups (broad SMARTS) is 1. The lowest BCUT2D eigenvalue weighted by Gasteiger charge is -2.10. The van der Waals surface area contributed by atoms with Gasteiger partial charge in [0.05, 0.1) is 34.1 Å². The van der Waals surface area contributed by atoms with Crippen LogP contribution >= 0.6 is 0 Å². The van der Waals surface area contributed by atoms with Gasteiger partial charge in [0, 0.05) is 0 Å². The Kier molecular flexibility index (Phi) is 9.11. The fraction of sp³-hybridized carbons (Fsp3) is 0.0312. The molecule has 5 aromatic carbocycles. The number of hydrogen-bond donors (Lipinski definition) is 5. The third kappa shape index (κ3) is 7.67. The number of anilines is 2. The van der Waals surface area contributed by atoms with Gasteiger partial charge < -0.3 is 21.7 Å². The first-order valence-electron chi connectivity index (χ1n) is 13.7. The molecule has 14 nitrogen and oxygen atoms in total. The van der Waals surface area contributed by atoms with Gasteiger partial charge in [-0.2, -0.15) is 28.9 Å². The van der Waals surface area contributed by atoms with Crippen LogP contribution in [0.2, 0.25) is 0 Å². The summed E-state index contributed by atoms with van der Waals surface area (Å²) < 4.78 is 33.8. The van der Waals surface area contributed by atoms with E-state index in [1.807, 2.05) is 31.2 Å². The Bertz CT molecular complexity index is 2170. The van der Waals surface area contributed by atoms with Crippen molar-refractivity contribution in [2.75, 3.05) is 11.5 Å². The Morgan fingerprint density at radius 1 is 0.638 bits per heavy atom. The summed E-state index contributed by atoms with van der Waals surface area (Å²) in [6.45, 7) is 1.91. The molecule has 5 rings (SSSR count). The highest BCUT2D eigenvalue weighted by Gasteiger charge is 2.22. The van der Waals surface area contributed by atoms with E-state index < -0.39 is 21.0 Å². The highest BCUT2D eigenvalue weighted by molar-refractivity contribution is 7.86. The van der Waals surface area contributed by atoms with Crippen LogP contribution in [-0.2, 0) is 10.1 Å². The van der Waals surface area contributed by atoms with Gasteiger partial charge in [0.1, 0.15) is 27.6 Å². The number of benzene rings is 5. The molecule has 0 bridgehead atoms. The zero-order valence-corrected chi connectivity index (χ0v) is 25.4. The van der Waals surface area contributed by atoms with Crippen LogP contribution in [-0.4, -0.2) is 29.2 Å². The molecule has 15 heteroatoms. The Morgan fingerprint density at radius 2 is 1.11 bits per heavy atom. The van der Waals surface area contributed by atoms with E-state index in [0.717, 1.165) is 22.8 Å². The number of nitrogen functional groups attached to an aromatic ring is 2. The third-order valence-electron chi connectivity index (χ3n) is 6.73. The highest BCUT2D eigenvalue weighted by Crippen LogP contribution is 2.43. The summed E-state index contributed by atoms with van der Waals surface area (Å²) in [4.78, 5) is 10.6. The Labute approximate surface area is 268 Å². The van der Waals surface area contributed by atoms with Gasteiger partial charge in [-0.05, 0) is 78.7 Å². The topological polar surface area (TPSA) is 238 Å². The maximum atomic E-state index is 12.0. The van der Waals surface area contributed by atoms with Crippen LogP contribution < -0.4 is 11.5 Å². The van der Waals surface area contributed by atoms with Crippen molar-refractivity contribution in [1.82, 2.24) is 0 Å². The van der Waals surface area contributed by atoms with Crippen LogP contribution in [0.15, 0.2) is 133 Å². The quantitative estimate of drug-likeness (QED) is 0.0585. The van der Waals surface area contributed by atoms with E-state index in [4.69, 9.17) is 16.6 Å². The van der Waals surface area contributed by atoms with E-state index in [1.165, 1.54) is 18.2 Å². The Hall–Kier alpha value is -6.32. The van der Waals surface area contributed by atoms with Crippen molar-refractivity contribution >= 4 is 61.6 Å². The lowest BCUT2D eigenvalue weighted by molar-refractivity contribution is 0.0693. The van der Waals surface area contributed by atoms with Gasteiger partial charge in [0.25, 0.3) is 10.1 Å². The maximum Gasteiger partial charge on any atom is 0.339 e. The number of aromatic hydroxyl groups is 1. The normalized spacial score (nSPS) is 12.0. The first kappa shape index (κ1) is 32.1. The van der Waals surface area contributed by atoms with Gasteiger partial charge in [-0.15, -0.1) is 10.2 Å². The Balaban J connectivity index is 1.35. The minimum atomic E-state index is -4.76. The number of hydrogen-bond acceptors (Lipinski definition) is 12. The molecule has 0 aliphatic carbocycles. The van der Waals surface area contributed by atoms with Crippen LogP contribution in [0, 0.1) is 6.92 Å². The minimum Gasteiger partial charge on any atom is -0.507 e. The van der Waals surface area contributed by atoms with Crippen LogP contribution in [0.25, 0.3) is 11.1 Å². The average molecular weight is 651 g/mol. The highest BCUT2D eigenvalue weighted by atomic mass is 32.2. The zero-order chi connectivity index (χ0) is 33.7. The largest absolute Gasteiger partial charge is 0.507 e. The van der Waals surface area contributed by atoms with Crippen LogP contribution in [0.3, 0.4) is 0 Å². The molecule has 5 aromatic rings. The molecule has 0 unspecified atom stereocenters. The second-order valence-corrected chi connectivity index (χ2v) is 11.5. The number of azo groups is 3. The van der Waals surface area contributed by atoms with Crippen molar-refractivity contribution in [2.45, 2.75) is 11.8 Å². The summed E-state index contributed by atoms with van der Waals surface area (Å²) in [6, 6.07) is 26.1. The number of phenols is 1. The van der Waals surface area contributed by atoms with E-state index in [0.29, 0.717) is 17.1 Å². The SMILES string of the molecule is Cc1ccc(N=Nc2c(N)c(N=Nc3ccc(-c4ccc(N=Nc5ccc(O)c(C(=O)O)c5)cc4)cc3)cc(S(=O)(=O)O)c2N)cc1. The molecule has 0 heterocycles. The summed E-state index contributed by atoms with van der Waals surface area (Å²) in [6.07, 6.45) is 0.